The molecule has 0 bridgehead atoms. The molecule has 28 heavy (non-hydrogen) atoms. The Hall–Kier alpha value is -2.54. The molecule has 0 atom stereocenters. The highest BCUT2D eigenvalue weighted by atomic mass is 35.5. The van der Waals surface area contributed by atoms with Crippen LogP contribution in [0.15, 0.2) is 29.1 Å². The summed E-state index contributed by atoms with van der Waals surface area (Å²) in [5.74, 6) is 0.175. The molecule has 2 aromatic heterocycles. The molecule has 3 heterocycles. The minimum absolute atomic E-state index is 0.175. The Morgan fingerprint density at radius 1 is 1.25 bits per heavy atom. The summed E-state index contributed by atoms with van der Waals surface area (Å²) >= 11 is 6.04. The largest absolute Gasteiger partial charge is 0.444 e. The Balaban J connectivity index is 1.58. The van der Waals surface area contributed by atoms with E-state index < -0.39 is 5.60 Å². The Labute approximate surface area is 167 Å². The number of H-pyrrole nitrogens is 1. The lowest BCUT2D eigenvalue weighted by atomic mass is 9.93. The van der Waals surface area contributed by atoms with Crippen molar-refractivity contribution in [2.45, 2.75) is 45.1 Å². The van der Waals surface area contributed by atoms with Crippen molar-refractivity contribution in [2.24, 2.45) is 0 Å². The summed E-state index contributed by atoms with van der Waals surface area (Å²) in [5.41, 5.74) is 1.54. The predicted molar refractivity (Wildman–Crippen MR) is 108 cm³/mol. The van der Waals surface area contributed by atoms with Crippen LogP contribution in [-0.4, -0.2) is 44.3 Å². The summed E-state index contributed by atoms with van der Waals surface area (Å²) < 4.78 is 6.82. The summed E-state index contributed by atoms with van der Waals surface area (Å²) in [4.78, 5) is 30.0. The fourth-order valence-electron chi connectivity index (χ4n) is 3.63. The fraction of sp³-hybridized carbons (Fsp3) is 0.450. The average Bonchev–Trinajstić information content (AvgIpc) is 2.98. The van der Waals surface area contributed by atoms with E-state index in [2.05, 4.69) is 10.1 Å². The molecule has 148 valence electrons. The fourth-order valence-corrected chi connectivity index (χ4v) is 3.79. The van der Waals surface area contributed by atoms with Crippen molar-refractivity contribution in [3.05, 3.63) is 45.3 Å². The van der Waals surface area contributed by atoms with Gasteiger partial charge in [0.2, 0.25) is 0 Å². The van der Waals surface area contributed by atoms with Gasteiger partial charge in [-0.15, -0.1) is 0 Å². The number of rotatable bonds is 1. The molecular weight excluding hydrogens is 380 g/mol. The van der Waals surface area contributed by atoms with E-state index in [4.69, 9.17) is 16.3 Å². The number of carbonyl (C=O) groups is 1. The van der Waals surface area contributed by atoms with Gasteiger partial charge in [0.1, 0.15) is 11.2 Å². The SMILES string of the molecule is CC(C)(C)OC(=O)N1CCC(c2cc(=O)n3nc4cc(Cl)ccc4c3[nH]2)CC1. The maximum atomic E-state index is 12.6. The van der Waals surface area contributed by atoms with Gasteiger partial charge in [0, 0.05) is 41.2 Å². The van der Waals surface area contributed by atoms with Gasteiger partial charge in [0.25, 0.3) is 5.56 Å². The van der Waals surface area contributed by atoms with Crippen molar-refractivity contribution >= 4 is 34.2 Å². The second-order valence-corrected chi connectivity index (χ2v) is 8.66. The van der Waals surface area contributed by atoms with E-state index in [0.29, 0.717) is 29.3 Å². The number of carbonyl (C=O) groups excluding carboxylic acids is 1. The molecule has 1 saturated heterocycles. The van der Waals surface area contributed by atoms with Crippen LogP contribution in [0, 0.1) is 0 Å². The van der Waals surface area contributed by atoms with Gasteiger partial charge in [-0.3, -0.25) is 4.79 Å². The van der Waals surface area contributed by atoms with Crippen LogP contribution in [0.3, 0.4) is 0 Å². The molecule has 1 aromatic carbocycles. The molecule has 0 aliphatic carbocycles. The average molecular weight is 403 g/mol. The molecule has 7 nitrogen and oxygen atoms in total. The minimum Gasteiger partial charge on any atom is -0.444 e. The van der Waals surface area contributed by atoms with Crippen molar-refractivity contribution in [1.82, 2.24) is 19.5 Å². The first kappa shape index (κ1) is 18.8. The third-order valence-electron chi connectivity index (χ3n) is 4.97. The number of aromatic amines is 1. The van der Waals surface area contributed by atoms with Crippen LogP contribution in [0.25, 0.3) is 16.6 Å². The van der Waals surface area contributed by atoms with E-state index in [0.717, 1.165) is 23.9 Å². The van der Waals surface area contributed by atoms with E-state index in [1.54, 1.807) is 23.1 Å². The van der Waals surface area contributed by atoms with E-state index in [9.17, 15) is 9.59 Å². The molecule has 1 aliphatic rings. The zero-order chi connectivity index (χ0) is 20.1. The number of amides is 1. The summed E-state index contributed by atoms with van der Waals surface area (Å²) in [5, 5.41) is 5.79. The van der Waals surface area contributed by atoms with Gasteiger partial charge in [-0.05, 0) is 51.8 Å². The monoisotopic (exact) mass is 402 g/mol. The summed E-state index contributed by atoms with van der Waals surface area (Å²) in [6.45, 7) is 6.78. The van der Waals surface area contributed by atoms with E-state index in [-0.39, 0.29) is 17.6 Å². The maximum Gasteiger partial charge on any atom is 0.410 e. The highest BCUT2D eigenvalue weighted by Gasteiger charge is 2.28. The van der Waals surface area contributed by atoms with E-state index in [1.165, 1.54) is 4.52 Å². The summed E-state index contributed by atoms with van der Waals surface area (Å²) in [6, 6.07) is 7.01. The van der Waals surface area contributed by atoms with Crippen LogP contribution in [0.2, 0.25) is 5.02 Å². The molecule has 0 spiro atoms. The maximum absolute atomic E-state index is 12.6. The first-order chi connectivity index (χ1) is 13.2. The second kappa shape index (κ2) is 6.81. The van der Waals surface area contributed by atoms with Crippen molar-refractivity contribution in [3.8, 4) is 0 Å². The highest BCUT2D eigenvalue weighted by molar-refractivity contribution is 6.31. The lowest BCUT2D eigenvalue weighted by molar-refractivity contribution is 0.0204. The number of aromatic nitrogens is 3. The van der Waals surface area contributed by atoms with Crippen LogP contribution >= 0.6 is 11.6 Å². The van der Waals surface area contributed by atoms with Crippen LogP contribution in [0.1, 0.15) is 45.2 Å². The third kappa shape index (κ3) is 3.58. The van der Waals surface area contributed by atoms with Gasteiger partial charge in [-0.2, -0.15) is 9.61 Å². The number of ether oxygens (including phenoxy) is 1. The van der Waals surface area contributed by atoms with Gasteiger partial charge in [0.05, 0.1) is 5.52 Å². The van der Waals surface area contributed by atoms with Gasteiger partial charge >= 0.3 is 6.09 Å². The summed E-state index contributed by atoms with van der Waals surface area (Å²) in [7, 11) is 0. The van der Waals surface area contributed by atoms with Crippen molar-refractivity contribution in [1.29, 1.82) is 0 Å². The number of likely N-dealkylation sites (tertiary alicyclic amines) is 1. The van der Waals surface area contributed by atoms with Crippen LogP contribution in [0.4, 0.5) is 4.79 Å². The minimum atomic E-state index is -0.504. The van der Waals surface area contributed by atoms with Gasteiger partial charge in [-0.1, -0.05) is 11.6 Å². The molecular formula is C20H23ClN4O3. The Morgan fingerprint density at radius 2 is 1.96 bits per heavy atom. The van der Waals surface area contributed by atoms with E-state index in [1.807, 2.05) is 26.8 Å². The van der Waals surface area contributed by atoms with Gasteiger partial charge < -0.3 is 14.6 Å². The molecule has 1 aliphatic heterocycles. The molecule has 4 rings (SSSR count). The Morgan fingerprint density at radius 3 is 2.64 bits per heavy atom. The topological polar surface area (TPSA) is 79.7 Å². The molecule has 0 unspecified atom stereocenters. The number of piperidine rings is 1. The molecule has 1 amide bonds. The first-order valence-corrected chi connectivity index (χ1v) is 9.78. The smallest absolute Gasteiger partial charge is 0.410 e. The van der Waals surface area contributed by atoms with Crippen molar-refractivity contribution < 1.29 is 9.53 Å². The highest BCUT2D eigenvalue weighted by Crippen LogP contribution is 2.28. The third-order valence-corrected chi connectivity index (χ3v) is 5.21. The molecule has 8 heteroatoms. The van der Waals surface area contributed by atoms with Crippen LogP contribution < -0.4 is 5.56 Å². The van der Waals surface area contributed by atoms with Gasteiger partial charge in [0.15, 0.2) is 0 Å². The number of nitrogens with zero attached hydrogens (tertiary/aromatic N) is 3. The number of halogens is 1. The van der Waals surface area contributed by atoms with Crippen molar-refractivity contribution in [3.63, 3.8) is 0 Å². The van der Waals surface area contributed by atoms with Crippen molar-refractivity contribution in [2.75, 3.05) is 13.1 Å². The molecule has 0 saturated carbocycles. The number of hydrogen-bond acceptors (Lipinski definition) is 4. The molecule has 0 radical (unpaired) electrons. The number of hydrogen-bond donors (Lipinski definition) is 1. The van der Waals surface area contributed by atoms with E-state index >= 15 is 0 Å². The standard InChI is InChI=1S/C20H23ClN4O3/c1-20(2,3)28-19(27)24-8-6-12(7-9-24)15-11-17(26)25-18(22-15)14-5-4-13(21)10-16(14)23-25/h4-5,10-12,22H,6-9H2,1-3H3. The quantitative estimate of drug-likeness (QED) is 0.668. The number of benzene rings is 1. The summed E-state index contributed by atoms with van der Waals surface area (Å²) in [6.07, 6.45) is 1.25. The lowest BCUT2D eigenvalue weighted by Crippen LogP contribution is -2.41. The Kier molecular flexibility index (Phi) is 4.57. The number of fused-ring (bicyclic) bond motifs is 3. The molecule has 3 aromatic rings. The van der Waals surface area contributed by atoms with Crippen LogP contribution in [-0.2, 0) is 4.74 Å². The molecule has 1 fully saturated rings. The van der Waals surface area contributed by atoms with Gasteiger partial charge in [-0.25, -0.2) is 4.79 Å². The lowest BCUT2D eigenvalue weighted by Gasteiger charge is -2.33. The first-order valence-electron chi connectivity index (χ1n) is 9.40. The number of nitrogens with one attached hydrogen (secondary N) is 1. The zero-order valence-electron chi connectivity index (χ0n) is 16.2. The predicted octanol–water partition coefficient (Wildman–Crippen LogP) is 3.94. The van der Waals surface area contributed by atoms with Crippen LogP contribution in [0.5, 0.6) is 0 Å². The zero-order valence-corrected chi connectivity index (χ0v) is 16.9. The second-order valence-electron chi connectivity index (χ2n) is 8.23. The molecule has 1 N–H and O–H groups in total. The normalized spacial score (nSPS) is 16.1. The Bertz CT molecular complexity index is 1100.